The molecule has 0 fully saturated rings. The first-order chi connectivity index (χ1) is 18.2. The van der Waals surface area contributed by atoms with Gasteiger partial charge in [-0.25, -0.2) is 9.97 Å². The van der Waals surface area contributed by atoms with Crippen molar-refractivity contribution in [1.82, 2.24) is 35.3 Å². The van der Waals surface area contributed by atoms with Crippen LogP contribution >= 0.6 is 0 Å². The summed E-state index contributed by atoms with van der Waals surface area (Å²) in [5, 5.41) is 17.5. The molecule has 5 aromatic rings. The van der Waals surface area contributed by atoms with Crippen LogP contribution in [0.15, 0.2) is 73.2 Å². The molecule has 0 saturated heterocycles. The van der Waals surface area contributed by atoms with Gasteiger partial charge in [-0.2, -0.15) is 0 Å². The largest absolute Gasteiger partial charge is 2.00 e. The normalized spacial score (nSPS) is 14.0. The Kier molecular flexibility index (Phi) is 8.60. The summed E-state index contributed by atoms with van der Waals surface area (Å²) in [6, 6.07) is 17.9. The molecule has 4 aromatic heterocycles. The first-order valence-electron chi connectivity index (χ1n) is 13.1. The molecule has 0 atom stereocenters. The fourth-order valence-electron chi connectivity index (χ4n) is 4.76. The van der Waals surface area contributed by atoms with Gasteiger partial charge in [0.05, 0.1) is 5.69 Å². The second-order valence-corrected chi connectivity index (χ2v) is 11.3. The van der Waals surface area contributed by atoms with Crippen LogP contribution in [0.4, 0.5) is 0 Å². The van der Waals surface area contributed by atoms with Crippen LogP contribution < -0.4 is 10.2 Å². The Hall–Kier alpha value is -3.44. The zero-order chi connectivity index (χ0) is 26.8. The number of aromatic nitrogens is 7. The van der Waals surface area contributed by atoms with Gasteiger partial charge in [-0.05, 0) is 65.6 Å². The summed E-state index contributed by atoms with van der Waals surface area (Å²) in [7, 11) is 0. The number of rotatable bonds is 3. The van der Waals surface area contributed by atoms with Crippen LogP contribution in [0, 0.1) is 0 Å². The van der Waals surface area contributed by atoms with Crippen molar-refractivity contribution in [2.45, 2.75) is 64.7 Å². The fourth-order valence-corrected chi connectivity index (χ4v) is 4.76. The molecule has 0 N–H and O–H groups in total. The van der Waals surface area contributed by atoms with Crippen LogP contribution in [0.3, 0.4) is 0 Å². The summed E-state index contributed by atoms with van der Waals surface area (Å²) in [4.78, 5) is 13.1. The molecule has 8 heteroatoms. The molecule has 0 aliphatic heterocycles. The maximum absolute atomic E-state index is 4.73. The van der Waals surface area contributed by atoms with E-state index in [1.54, 1.807) is 6.20 Å². The van der Waals surface area contributed by atoms with Gasteiger partial charge >= 0.3 is 21.1 Å². The van der Waals surface area contributed by atoms with Crippen LogP contribution in [0.1, 0.15) is 64.3 Å². The van der Waals surface area contributed by atoms with Crippen LogP contribution in [-0.4, -0.2) is 25.1 Å². The van der Waals surface area contributed by atoms with Crippen molar-refractivity contribution in [2.24, 2.45) is 0 Å². The van der Waals surface area contributed by atoms with Gasteiger partial charge in [-0.1, -0.05) is 76.3 Å². The summed E-state index contributed by atoms with van der Waals surface area (Å²) in [6.45, 7) is 11.1. The van der Waals surface area contributed by atoms with Gasteiger partial charge < -0.3 is 20.4 Å². The summed E-state index contributed by atoms with van der Waals surface area (Å²) in [5.41, 5.74) is 8.14. The van der Waals surface area contributed by atoms with E-state index in [4.69, 9.17) is 4.98 Å². The number of fused-ring (bicyclic) bond motifs is 1. The molecule has 39 heavy (non-hydrogen) atoms. The fraction of sp³-hybridized carbons (Fsp3) is 0.323. The first-order valence-corrected chi connectivity index (χ1v) is 13.1. The third-order valence-corrected chi connectivity index (χ3v) is 6.97. The zero-order valence-electron chi connectivity index (χ0n) is 23.0. The van der Waals surface area contributed by atoms with Gasteiger partial charge in [0.2, 0.25) is 0 Å². The van der Waals surface area contributed by atoms with E-state index in [-0.39, 0.29) is 31.9 Å². The Morgan fingerprint density at radius 2 is 1.59 bits per heavy atom. The van der Waals surface area contributed by atoms with E-state index in [9.17, 15) is 0 Å². The van der Waals surface area contributed by atoms with E-state index in [0.29, 0.717) is 11.5 Å². The summed E-state index contributed by atoms with van der Waals surface area (Å²) in [6.07, 6.45) is 8.70. The summed E-state index contributed by atoms with van der Waals surface area (Å²) in [5.74, 6) is 0.555. The maximum atomic E-state index is 4.73. The van der Waals surface area contributed by atoms with Gasteiger partial charge in [0.25, 0.3) is 0 Å². The molecule has 6 rings (SSSR count). The van der Waals surface area contributed by atoms with Gasteiger partial charge in [-0.3, -0.25) is 4.98 Å². The van der Waals surface area contributed by atoms with Crippen molar-refractivity contribution >= 4 is 0 Å². The van der Waals surface area contributed by atoms with Gasteiger partial charge in [0, 0.05) is 35.4 Å². The SMILES string of the molecule is CC(C)(C)c1ccncc1.CC1(C)CCCc2c1n[n-]c2-c1ccnc(-c2cc(-c3ccccc3)n[n-]2)n1.[Pt+2]. The topological polar surface area (TPSA) is 92.6 Å². The molecule has 7 nitrogen and oxygen atoms in total. The molecule has 0 saturated carbocycles. The van der Waals surface area contributed by atoms with Crippen LogP contribution in [0.2, 0.25) is 0 Å². The minimum Gasteiger partial charge on any atom is -0.573 e. The predicted octanol–water partition coefficient (Wildman–Crippen LogP) is 6.17. The molecule has 0 amide bonds. The van der Waals surface area contributed by atoms with E-state index < -0.39 is 0 Å². The Morgan fingerprint density at radius 1 is 0.846 bits per heavy atom. The molecule has 1 aliphatic rings. The van der Waals surface area contributed by atoms with E-state index in [0.717, 1.165) is 47.6 Å². The van der Waals surface area contributed by atoms with E-state index in [2.05, 4.69) is 77.1 Å². The summed E-state index contributed by atoms with van der Waals surface area (Å²) >= 11 is 0. The van der Waals surface area contributed by atoms with Crippen LogP contribution in [-0.2, 0) is 38.3 Å². The third kappa shape index (κ3) is 6.42. The van der Waals surface area contributed by atoms with Crippen molar-refractivity contribution in [2.75, 3.05) is 0 Å². The zero-order valence-corrected chi connectivity index (χ0v) is 25.3. The number of hydrogen-bond acceptors (Lipinski definition) is 5. The van der Waals surface area contributed by atoms with Crippen LogP contribution in [0.5, 0.6) is 0 Å². The molecular weight excluding hydrogens is 665 g/mol. The average Bonchev–Trinajstić information content (AvgIpc) is 3.59. The van der Waals surface area contributed by atoms with Crippen molar-refractivity contribution in [3.05, 3.63) is 90.0 Å². The van der Waals surface area contributed by atoms with Crippen molar-refractivity contribution in [3.8, 4) is 34.2 Å². The molecule has 0 unspecified atom stereocenters. The minimum absolute atomic E-state index is 0. The monoisotopic (exact) mass is 698 g/mol. The first kappa shape index (κ1) is 28.6. The van der Waals surface area contributed by atoms with Crippen LogP contribution in [0.25, 0.3) is 34.2 Å². The molecule has 0 bridgehead atoms. The smallest absolute Gasteiger partial charge is 0.573 e. The number of nitrogens with zero attached hydrogens (tertiary/aromatic N) is 7. The van der Waals surface area contributed by atoms with E-state index >= 15 is 0 Å². The predicted molar refractivity (Wildman–Crippen MR) is 149 cm³/mol. The Bertz CT molecular complexity index is 1500. The number of pyridine rings is 1. The van der Waals surface area contributed by atoms with Crippen molar-refractivity contribution in [3.63, 3.8) is 0 Å². The van der Waals surface area contributed by atoms with Gasteiger partial charge in [0.1, 0.15) is 5.82 Å². The molecule has 1 aliphatic carbocycles. The maximum Gasteiger partial charge on any atom is 2.00 e. The summed E-state index contributed by atoms with van der Waals surface area (Å²) < 4.78 is 0. The van der Waals surface area contributed by atoms with E-state index in [1.165, 1.54) is 11.1 Å². The standard InChI is InChI=1S/C22H20N6.C9H13N.Pt/c1-22(2)11-6-9-15-19(27-28-20(15)22)16-10-12-23-21(24-16)18-13-17(25-26-18)14-7-4-3-5-8-14;1-9(2,3)8-4-6-10-7-5-8;/h3-5,7-8,10,12-13H,6,9,11H2,1-2H3;4-7H,1-3H3;/q-2;;+2. The Morgan fingerprint density at radius 3 is 2.28 bits per heavy atom. The Labute approximate surface area is 244 Å². The Balaban J connectivity index is 0.000000273. The van der Waals surface area contributed by atoms with E-state index in [1.807, 2.05) is 54.9 Å². The average molecular weight is 699 g/mol. The quantitative estimate of drug-likeness (QED) is 0.223. The second kappa shape index (κ2) is 11.7. The molecule has 0 radical (unpaired) electrons. The molecule has 4 heterocycles. The van der Waals surface area contributed by atoms with Crippen molar-refractivity contribution in [1.29, 1.82) is 0 Å². The molecule has 202 valence electrons. The second-order valence-electron chi connectivity index (χ2n) is 11.3. The molecule has 1 aromatic carbocycles. The minimum atomic E-state index is 0. The molecular formula is C31H33N7Pt. The molecule has 0 spiro atoms. The van der Waals surface area contributed by atoms with Gasteiger partial charge in [0.15, 0.2) is 0 Å². The number of benzene rings is 1. The van der Waals surface area contributed by atoms with Gasteiger partial charge in [-0.15, -0.1) is 0 Å². The number of hydrogen-bond donors (Lipinski definition) is 0. The third-order valence-electron chi connectivity index (χ3n) is 6.97. The van der Waals surface area contributed by atoms with Crippen molar-refractivity contribution < 1.29 is 21.1 Å².